The number of benzene rings is 1. The largest absolute Gasteiger partial charge is 0.495 e. The summed E-state index contributed by atoms with van der Waals surface area (Å²) in [5.74, 6) is 0.261. The first-order chi connectivity index (χ1) is 17.3. The van der Waals surface area contributed by atoms with E-state index in [1.807, 2.05) is 12.1 Å². The number of halogens is 3. The number of nitrogens with two attached hydrogens (primary N) is 1. The van der Waals surface area contributed by atoms with E-state index in [1.165, 1.54) is 6.07 Å². The van der Waals surface area contributed by atoms with Gasteiger partial charge in [-0.2, -0.15) is 0 Å². The summed E-state index contributed by atoms with van der Waals surface area (Å²) in [4.78, 5) is 14.9. The molecule has 0 unspecified atom stereocenters. The molecule has 1 fully saturated rings. The van der Waals surface area contributed by atoms with Crippen molar-refractivity contribution in [3.63, 3.8) is 0 Å². The predicted octanol–water partition coefficient (Wildman–Crippen LogP) is 5.35. The lowest BCUT2D eigenvalue weighted by Crippen LogP contribution is -2.36. The van der Waals surface area contributed by atoms with Crippen LogP contribution < -0.4 is 15.4 Å². The Kier molecular flexibility index (Phi) is 7.81. The quantitative estimate of drug-likeness (QED) is 0.395. The molecule has 0 atom stereocenters. The van der Waals surface area contributed by atoms with Gasteiger partial charge >= 0.3 is 0 Å². The lowest BCUT2D eigenvalue weighted by molar-refractivity contribution is 0.122. The Labute approximate surface area is 212 Å². The normalized spacial score (nSPS) is 13.3. The molecule has 0 bridgehead atoms. The number of pyridine rings is 3. The molecule has 0 aliphatic carbocycles. The summed E-state index contributed by atoms with van der Waals surface area (Å²) >= 11 is 5.99. The zero-order valence-corrected chi connectivity index (χ0v) is 20.9. The number of nitrogens with zero attached hydrogens (tertiary/aromatic N) is 4. The number of aryl methyl sites for hydroxylation is 1. The SMILES string of the molecule is COc1cncc(-c2cnc(N3CCOCC3)cc2N)c1.Cc1nc2cc(F)cc(F)c2c(Cl)c1C. The molecule has 188 valence electrons. The number of hydrogen-bond donors (Lipinski definition) is 1. The molecule has 3 aromatic heterocycles. The van der Waals surface area contributed by atoms with Crippen molar-refractivity contribution in [2.24, 2.45) is 0 Å². The summed E-state index contributed by atoms with van der Waals surface area (Å²) in [7, 11) is 1.62. The van der Waals surface area contributed by atoms with Gasteiger partial charge in [-0.15, -0.1) is 0 Å². The van der Waals surface area contributed by atoms with Crippen molar-refractivity contribution in [3.05, 3.63) is 70.8 Å². The molecule has 0 spiro atoms. The molecule has 0 saturated carbocycles. The number of fused-ring (bicyclic) bond motifs is 1. The van der Waals surface area contributed by atoms with Gasteiger partial charge in [0.15, 0.2) is 0 Å². The van der Waals surface area contributed by atoms with Crippen molar-refractivity contribution in [1.29, 1.82) is 0 Å². The summed E-state index contributed by atoms with van der Waals surface area (Å²) in [5.41, 5.74) is 10.3. The molecule has 5 rings (SSSR count). The summed E-state index contributed by atoms with van der Waals surface area (Å²) < 4.78 is 36.9. The molecule has 0 radical (unpaired) electrons. The van der Waals surface area contributed by atoms with Crippen molar-refractivity contribution in [3.8, 4) is 16.9 Å². The fraction of sp³-hybridized carbons (Fsp3) is 0.269. The van der Waals surface area contributed by atoms with Crippen LogP contribution in [-0.2, 0) is 4.74 Å². The molecule has 1 aliphatic heterocycles. The van der Waals surface area contributed by atoms with Crippen LogP contribution in [0.5, 0.6) is 5.75 Å². The van der Waals surface area contributed by atoms with Gasteiger partial charge in [-0.25, -0.2) is 13.8 Å². The van der Waals surface area contributed by atoms with Crippen molar-refractivity contribution in [2.45, 2.75) is 13.8 Å². The van der Waals surface area contributed by atoms with E-state index in [0.29, 0.717) is 22.2 Å². The number of morpholine rings is 1. The van der Waals surface area contributed by atoms with E-state index >= 15 is 0 Å². The Morgan fingerprint density at radius 1 is 1.06 bits per heavy atom. The number of nitrogen functional groups attached to an aromatic ring is 1. The molecular weight excluding hydrogens is 488 g/mol. The van der Waals surface area contributed by atoms with Crippen LogP contribution in [0.4, 0.5) is 20.3 Å². The standard InChI is InChI=1S/C15H18N4O2.C11H8ClF2N/c1-20-12-6-11(8-17-9-12)13-10-18-15(7-14(13)16)19-2-4-21-5-3-19;1-5-6(2)15-9-4-7(13)3-8(14)10(9)11(5)12/h6-10H,2-5H2,1H3,(H2,16,18);3-4H,1-2H3. The highest BCUT2D eigenvalue weighted by Gasteiger charge is 2.15. The van der Waals surface area contributed by atoms with Gasteiger partial charge in [0.25, 0.3) is 0 Å². The van der Waals surface area contributed by atoms with E-state index in [1.54, 1.807) is 39.5 Å². The second kappa shape index (κ2) is 11.0. The molecular formula is C26H26ClF2N5O2. The lowest BCUT2D eigenvalue weighted by atomic mass is 10.1. The maximum absolute atomic E-state index is 13.5. The Morgan fingerprint density at radius 2 is 1.81 bits per heavy atom. The Balaban J connectivity index is 0.000000179. The fourth-order valence-electron chi connectivity index (χ4n) is 3.82. The Bertz CT molecular complexity index is 1400. The molecule has 4 aromatic rings. The Hall–Kier alpha value is -3.56. The first-order valence-electron chi connectivity index (χ1n) is 11.3. The van der Waals surface area contributed by atoms with Crippen LogP contribution >= 0.6 is 11.6 Å². The number of methoxy groups -OCH3 is 1. The zero-order valence-electron chi connectivity index (χ0n) is 20.2. The van der Waals surface area contributed by atoms with Crippen molar-refractivity contribution in [2.75, 3.05) is 44.0 Å². The van der Waals surface area contributed by atoms with E-state index < -0.39 is 11.6 Å². The van der Waals surface area contributed by atoms with Gasteiger partial charge in [0.1, 0.15) is 23.2 Å². The van der Waals surface area contributed by atoms with Crippen LogP contribution in [0.25, 0.3) is 22.0 Å². The summed E-state index contributed by atoms with van der Waals surface area (Å²) in [6, 6.07) is 5.79. The van der Waals surface area contributed by atoms with Crippen LogP contribution in [-0.4, -0.2) is 48.4 Å². The van der Waals surface area contributed by atoms with Crippen LogP contribution in [0, 0.1) is 25.5 Å². The van der Waals surface area contributed by atoms with Gasteiger partial charge in [0.05, 0.1) is 42.4 Å². The highest BCUT2D eigenvalue weighted by molar-refractivity contribution is 6.36. The monoisotopic (exact) mass is 513 g/mol. The van der Waals surface area contributed by atoms with E-state index in [4.69, 9.17) is 26.8 Å². The third-order valence-electron chi connectivity index (χ3n) is 5.93. The minimum atomic E-state index is -0.675. The Morgan fingerprint density at radius 3 is 2.50 bits per heavy atom. The van der Waals surface area contributed by atoms with Gasteiger partial charge in [0.2, 0.25) is 0 Å². The smallest absolute Gasteiger partial charge is 0.137 e. The van der Waals surface area contributed by atoms with Crippen LogP contribution in [0.1, 0.15) is 11.3 Å². The lowest BCUT2D eigenvalue weighted by Gasteiger charge is -2.28. The molecule has 36 heavy (non-hydrogen) atoms. The molecule has 0 amide bonds. The van der Waals surface area contributed by atoms with Crippen LogP contribution in [0.2, 0.25) is 5.02 Å². The maximum Gasteiger partial charge on any atom is 0.137 e. The maximum atomic E-state index is 13.5. The van der Waals surface area contributed by atoms with Gasteiger partial charge in [0, 0.05) is 66.2 Å². The molecule has 10 heteroatoms. The average Bonchev–Trinajstić information content (AvgIpc) is 2.88. The van der Waals surface area contributed by atoms with Crippen molar-refractivity contribution in [1.82, 2.24) is 15.0 Å². The average molecular weight is 514 g/mol. The predicted molar refractivity (Wildman–Crippen MR) is 138 cm³/mol. The minimum absolute atomic E-state index is 0.182. The summed E-state index contributed by atoms with van der Waals surface area (Å²) in [6.07, 6.45) is 5.20. The molecule has 2 N–H and O–H groups in total. The van der Waals surface area contributed by atoms with E-state index in [2.05, 4.69) is 19.9 Å². The number of hydrogen-bond acceptors (Lipinski definition) is 7. The van der Waals surface area contributed by atoms with Gasteiger partial charge in [-0.3, -0.25) is 9.97 Å². The van der Waals surface area contributed by atoms with Gasteiger partial charge in [-0.05, 0) is 25.5 Å². The number of rotatable bonds is 3. The van der Waals surface area contributed by atoms with Crippen LogP contribution in [0.3, 0.4) is 0 Å². The molecule has 4 heterocycles. The highest BCUT2D eigenvalue weighted by Crippen LogP contribution is 2.31. The van der Waals surface area contributed by atoms with Crippen molar-refractivity contribution >= 4 is 34.0 Å². The van der Waals surface area contributed by atoms with Crippen molar-refractivity contribution < 1.29 is 18.3 Å². The van der Waals surface area contributed by atoms with E-state index in [-0.39, 0.29) is 10.9 Å². The topological polar surface area (TPSA) is 86.4 Å². The third-order valence-corrected chi connectivity index (χ3v) is 6.40. The fourth-order valence-corrected chi connectivity index (χ4v) is 4.14. The first kappa shape index (κ1) is 25.5. The molecule has 1 aromatic carbocycles. The first-order valence-corrected chi connectivity index (χ1v) is 11.7. The molecule has 7 nitrogen and oxygen atoms in total. The van der Waals surface area contributed by atoms with E-state index in [0.717, 1.165) is 54.9 Å². The summed E-state index contributed by atoms with van der Waals surface area (Å²) in [5, 5.41) is 0.483. The molecule has 1 saturated heterocycles. The second-order valence-electron chi connectivity index (χ2n) is 8.26. The highest BCUT2D eigenvalue weighted by atomic mass is 35.5. The van der Waals surface area contributed by atoms with E-state index in [9.17, 15) is 8.78 Å². The minimum Gasteiger partial charge on any atom is -0.495 e. The molecule has 1 aliphatic rings. The number of anilines is 2. The zero-order chi connectivity index (χ0) is 25.8. The van der Waals surface area contributed by atoms with Crippen LogP contribution in [0.15, 0.2) is 42.9 Å². The second-order valence-corrected chi connectivity index (χ2v) is 8.64. The van der Waals surface area contributed by atoms with Gasteiger partial charge in [-0.1, -0.05) is 11.6 Å². The number of ether oxygens (including phenoxy) is 2. The van der Waals surface area contributed by atoms with Gasteiger partial charge < -0.3 is 20.1 Å². The number of aromatic nitrogens is 3. The third kappa shape index (κ3) is 5.47. The summed E-state index contributed by atoms with van der Waals surface area (Å²) in [6.45, 7) is 6.64.